The number of H-pyrrole nitrogens is 1. The maximum atomic E-state index is 13.6. The van der Waals surface area contributed by atoms with Crippen molar-refractivity contribution < 1.29 is 9.59 Å². The number of nitrogen functional groups attached to an aromatic ring is 1. The number of thiazole rings is 1. The molecule has 3 heterocycles. The van der Waals surface area contributed by atoms with Crippen molar-refractivity contribution in [3.8, 4) is 0 Å². The maximum Gasteiger partial charge on any atom is 0.252 e. The average molecular weight is 489 g/mol. The van der Waals surface area contributed by atoms with Gasteiger partial charge in [-0.15, -0.1) is 11.3 Å². The number of benzene rings is 2. The molecule has 0 unspecified atom stereocenters. The third-order valence-corrected chi connectivity index (χ3v) is 7.13. The highest BCUT2D eigenvalue weighted by atomic mass is 32.1. The Balaban J connectivity index is 1.25. The molecule has 2 amide bonds. The van der Waals surface area contributed by atoms with Gasteiger partial charge < -0.3 is 20.9 Å². The highest BCUT2D eigenvalue weighted by molar-refractivity contribution is 7.13. The Morgan fingerprint density at radius 1 is 1.09 bits per heavy atom. The van der Waals surface area contributed by atoms with Crippen LogP contribution in [0.25, 0.3) is 10.9 Å². The van der Waals surface area contributed by atoms with Crippen LogP contribution < -0.4 is 11.1 Å². The Morgan fingerprint density at radius 3 is 2.63 bits per heavy atom. The van der Waals surface area contributed by atoms with Crippen molar-refractivity contribution in [2.45, 2.75) is 12.5 Å². The molecule has 1 aliphatic rings. The van der Waals surface area contributed by atoms with E-state index < -0.39 is 6.04 Å². The largest absolute Gasteiger partial charge is 0.375 e. The zero-order valence-corrected chi connectivity index (χ0v) is 20.1. The lowest BCUT2D eigenvalue weighted by Crippen LogP contribution is -2.52. The summed E-state index contributed by atoms with van der Waals surface area (Å²) in [6.07, 6.45) is 2.68. The fraction of sp³-hybridized carbons (Fsp3) is 0.269. The van der Waals surface area contributed by atoms with Gasteiger partial charge in [-0.1, -0.05) is 36.4 Å². The topological polar surface area (TPSA) is 107 Å². The molecule has 4 aromatic rings. The van der Waals surface area contributed by atoms with Gasteiger partial charge >= 0.3 is 0 Å². The van der Waals surface area contributed by atoms with Crippen molar-refractivity contribution in [1.82, 2.24) is 25.1 Å². The number of amides is 2. The zero-order chi connectivity index (χ0) is 24.2. The van der Waals surface area contributed by atoms with Crippen molar-refractivity contribution >= 4 is 39.2 Å². The fourth-order valence-electron chi connectivity index (χ4n) is 4.42. The highest BCUT2D eigenvalue weighted by Crippen LogP contribution is 2.20. The summed E-state index contributed by atoms with van der Waals surface area (Å²) in [5.41, 5.74) is 8.91. The summed E-state index contributed by atoms with van der Waals surface area (Å²) in [6, 6.07) is 16.1. The molecule has 35 heavy (non-hydrogen) atoms. The number of aromatic nitrogens is 2. The molecule has 0 aliphatic carbocycles. The maximum absolute atomic E-state index is 13.6. The number of fused-ring (bicyclic) bond motifs is 1. The first-order chi connectivity index (χ1) is 17.1. The second-order valence-electron chi connectivity index (χ2n) is 8.69. The van der Waals surface area contributed by atoms with Gasteiger partial charge in [0.05, 0.1) is 5.69 Å². The molecule has 4 N–H and O–H groups in total. The van der Waals surface area contributed by atoms with Crippen LogP contribution >= 0.6 is 11.3 Å². The van der Waals surface area contributed by atoms with Crippen molar-refractivity contribution in [2.75, 3.05) is 38.5 Å². The summed E-state index contributed by atoms with van der Waals surface area (Å²) < 4.78 is 0. The van der Waals surface area contributed by atoms with Gasteiger partial charge in [-0.25, -0.2) is 4.98 Å². The first-order valence-electron chi connectivity index (χ1n) is 11.7. The molecule has 1 atom stereocenters. The number of nitrogens with one attached hydrogen (secondary N) is 2. The van der Waals surface area contributed by atoms with Crippen LogP contribution in [0.3, 0.4) is 0 Å². The summed E-state index contributed by atoms with van der Waals surface area (Å²) >= 11 is 1.46. The SMILES string of the molecule is Nc1nc(CCN2CCN(C(=O)[C@H](NC(=O)c3ccc4cc[nH]c4c3)c3ccccc3)CC2)cs1. The second-order valence-corrected chi connectivity index (χ2v) is 9.58. The Hall–Kier alpha value is -3.69. The number of carbonyl (C=O) groups is 2. The van der Waals surface area contributed by atoms with E-state index in [1.807, 2.05) is 65.0 Å². The second kappa shape index (κ2) is 10.3. The van der Waals surface area contributed by atoms with Crippen molar-refractivity contribution in [2.24, 2.45) is 0 Å². The normalized spacial score (nSPS) is 15.3. The van der Waals surface area contributed by atoms with Crippen molar-refractivity contribution in [1.29, 1.82) is 0 Å². The van der Waals surface area contributed by atoms with E-state index in [0.717, 1.165) is 48.2 Å². The molecule has 0 saturated carbocycles. The van der Waals surface area contributed by atoms with Crippen LogP contribution in [0.5, 0.6) is 0 Å². The quantitative estimate of drug-likeness (QED) is 0.371. The van der Waals surface area contributed by atoms with Crippen molar-refractivity contribution in [3.63, 3.8) is 0 Å². The molecule has 9 heteroatoms. The van der Waals surface area contributed by atoms with Gasteiger partial charge in [-0.2, -0.15) is 0 Å². The first kappa shape index (κ1) is 23.1. The zero-order valence-electron chi connectivity index (χ0n) is 19.3. The molecule has 1 saturated heterocycles. The summed E-state index contributed by atoms with van der Waals surface area (Å²) in [5.74, 6) is -0.359. The van der Waals surface area contributed by atoms with Crippen LogP contribution in [0, 0.1) is 0 Å². The van der Waals surface area contributed by atoms with E-state index in [4.69, 9.17) is 5.73 Å². The van der Waals surface area contributed by atoms with Crippen LogP contribution in [0.4, 0.5) is 5.13 Å². The van der Waals surface area contributed by atoms with E-state index in [9.17, 15) is 9.59 Å². The number of piperazine rings is 1. The number of aromatic amines is 1. The smallest absolute Gasteiger partial charge is 0.252 e. The molecule has 180 valence electrons. The van der Waals surface area contributed by atoms with Crippen LogP contribution in [0.15, 0.2) is 66.2 Å². The number of hydrogen-bond donors (Lipinski definition) is 3. The van der Waals surface area contributed by atoms with Crippen LogP contribution in [-0.2, 0) is 11.2 Å². The van der Waals surface area contributed by atoms with Gasteiger partial charge in [0.15, 0.2) is 5.13 Å². The molecule has 5 rings (SSSR count). The molecule has 0 radical (unpaired) electrons. The van der Waals surface area contributed by atoms with Gasteiger partial charge in [0.25, 0.3) is 5.91 Å². The summed E-state index contributed by atoms with van der Waals surface area (Å²) in [7, 11) is 0. The number of carbonyl (C=O) groups excluding carboxylic acids is 2. The fourth-order valence-corrected chi connectivity index (χ4v) is 5.02. The van der Waals surface area contributed by atoms with Crippen LogP contribution in [0.1, 0.15) is 27.7 Å². The predicted molar refractivity (Wildman–Crippen MR) is 138 cm³/mol. The van der Waals surface area contributed by atoms with Crippen molar-refractivity contribution in [3.05, 3.63) is 83.0 Å². The lowest BCUT2D eigenvalue weighted by atomic mass is 10.0. The van der Waals surface area contributed by atoms with Crippen LogP contribution in [-0.4, -0.2) is 64.3 Å². The molecule has 2 aromatic heterocycles. The Kier molecular flexibility index (Phi) is 6.78. The lowest BCUT2D eigenvalue weighted by Gasteiger charge is -2.36. The lowest BCUT2D eigenvalue weighted by molar-refractivity contribution is -0.135. The Labute approximate surface area is 207 Å². The van der Waals surface area contributed by atoms with Gasteiger partial charge in [0, 0.05) is 61.8 Å². The summed E-state index contributed by atoms with van der Waals surface area (Å²) in [4.78, 5) is 38.4. The van der Waals surface area contributed by atoms with Gasteiger partial charge in [0.1, 0.15) is 6.04 Å². The van der Waals surface area contributed by atoms with E-state index in [0.29, 0.717) is 23.8 Å². The summed E-state index contributed by atoms with van der Waals surface area (Å²) in [6.45, 7) is 3.68. The monoisotopic (exact) mass is 488 g/mol. The Morgan fingerprint density at radius 2 is 1.89 bits per heavy atom. The highest BCUT2D eigenvalue weighted by Gasteiger charge is 2.30. The first-order valence-corrected chi connectivity index (χ1v) is 12.6. The third kappa shape index (κ3) is 5.36. The minimum Gasteiger partial charge on any atom is -0.375 e. The number of nitrogens with two attached hydrogens (primary N) is 1. The predicted octanol–water partition coefficient (Wildman–Crippen LogP) is 3.06. The minimum atomic E-state index is -0.743. The molecular weight excluding hydrogens is 460 g/mol. The van der Waals surface area contributed by atoms with E-state index in [1.165, 1.54) is 11.3 Å². The molecule has 0 bridgehead atoms. The number of rotatable bonds is 7. The molecule has 1 fully saturated rings. The van der Waals surface area contributed by atoms with Gasteiger partial charge in [-0.05, 0) is 29.1 Å². The summed E-state index contributed by atoms with van der Waals surface area (Å²) in [5, 5.41) is 6.61. The molecular formula is C26H28N6O2S. The molecule has 2 aromatic carbocycles. The van der Waals surface area contributed by atoms with E-state index in [-0.39, 0.29) is 11.8 Å². The van der Waals surface area contributed by atoms with Gasteiger partial charge in [0.2, 0.25) is 5.91 Å². The Bertz CT molecular complexity index is 1310. The van der Waals surface area contributed by atoms with E-state index >= 15 is 0 Å². The van der Waals surface area contributed by atoms with E-state index in [1.54, 1.807) is 6.07 Å². The standard InChI is InChI=1S/C26H28N6O2S/c27-26-29-21(17-35-26)9-11-31-12-14-32(15-13-31)25(34)23(19-4-2-1-3-5-19)30-24(33)20-7-6-18-8-10-28-22(18)16-20/h1-8,10,16-17,23,28H,9,11-15H2,(H2,27,29)(H,30,33)/t23-/m1/s1. The van der Waals surface area contributed by atoms with Gasteiger partial charge in [-0.3, -0.25) is 14.5 Å². The molecule has 0 spiro atoms. The number of hydrogen-bond acceptors (Lipinski definition) is 6. The van der Waals surface area contributed by atoms with Crippen LogP contribution in [0.2, 0.25) is 0 Å². The third-order valence-electron chi connectivity index (χ3n) is 6.41. The minimum absolute atomic E-state index is 0.0857. The number of nitrogens with zero attached hydrogens (tertiary/aromatic N) is 3. The molecule has 1 aliphatic heterocycles. The average Bonchev–Trinajstić information content (AvgIpc) is 3.54. The number of anilines is 1. The molecule has 8 nitrogen and oxygen atoms in total. The van der Waals surface area contributed by atoms with E-state index in [2.05, 4.69) is 20.2 Å².